The molecule has 8 nitrogen and oxygen atoms in total. The average Bonchev–Trinajstić information content (AvgIpc) is 2.81. The molecule has 0 atom stereocenters. The van der Waals surface area contributed by atoms with Gasteiger partial charge in [-0.05, 0) is 62.4 Å². The highest BCUT2D eigenvalue weighted by atomic mass is 16.5. The van der Waals surface area contributed by atoms with E-state index in [2.05, 4.69) is 25.5 Å². The van der Waals surface area contributed by atoms with Crippen molar-refractivity contribution in [2.45, 2.75) is 13.8 Å². The lowest BCUT2D eigenvalue weighted by molar-refractivity contribution is 0.102. The molecule has 8 heteroatoms. The molecule has 4 rings (SSSR count). The van der Waals surface area contributed by atoms with Gasteiger partial charge in [0.2, 0.25) is 5.95 Å². The number of anilines is 4. The Bertz CT molecular complexity index is 1050. The minimum atomic E-state index is -0.175. The van der Waals surface area contributed by atoms with Crippen LogP contribution in [0.2, 0.25) is 0 Å². The lowest BCUT2D eigenvalue weighted by Gasteiger charge is -2.28. The van der Waals surface area contributed by atoms with Crippen LogP contribution in [-0.4, -0.2) is 48.8 Å². The molecule has 2 N–H and O–H groups in total. The number of ether oxygens (including phenoxy) is 2. The summed E-state index contributed by atoms with van der Waals surface area (Å²) in [5, 5.41) is 6.15. The number of amides is 1. The Morgan fingerprint density at radius 3 is 2.41 bits per heavy atom. The average molecular weight is 434 g/mol. The van der Waals surface area contributed by atoms with Crippen LogP contribution in [0.25, 0.3) is 0 Å². The number of aryl methyl sites for hydroxylation is 1. The van der Waals surface area contributed by atoms with Gasteiger partial charge in [0.15, 0.2) is 0 Å². The predicted octanol–water partition coefficient (Wildman–Crippen LogP) is 4.02. The van der Waals surface area contributed by atoms with E-state index in [1.807, 2.05) is 44.2 Å². The van der Waals surface area contributed by atoms with Crippen LogP contribution in [0, 0.1) is 6.92 Å². The number of nitrogens with zero attached hydrogens (tertiary/aromatic N) is 3. The Balaban J connectivity index is 1.39. The Labute approximate surface area is 187 Å². The molecule has 0 bridgehead atoms. The molecule has 1 aliphatic heterocycles. The number of morpholine rings is 1. The van der Waals surface area contributed by atoms with Gasteiger partial charge in [0.05, 0.1) is 19.8 Å². The van der Waals surface area contributed by atoms with Gasteiger partial charge in [-0.25, -0.2) is 4.98 Å². The van der Waals surface area contributed by atoms with Gasteiger partial charge in [0, 0.05) is 41.8 Å². The van der Waals surface area contributed by atoms with E-state index in [0.717, 1.165) is 36.0 Å². The minimum absolute atomic E-state index is 0.175. The number of aromatic nitrogens is 2. The van der Waals surface area contributed by atoms with Crippen LogP contribution < -0.4 is 20.3 Å². The van der Waals surface area contributed by atoms with Gasteiger partial charge in [-0.15, -0.1) is 0 Å². The maximum atomic E-state index is 12.5. The van der Waals surface area contributed by atoms with Gasteiger partial charge in [0.25, 0.3) is 5.91 Å². The largest absolute Gasteiger partial charge is 0.494 e. The summed E-state index contributed by atoms with van der Waals surface area (Å²) in [5.74, 6) is 2.00. The van der Waals surface area contributed by atoms with Crippen LogP contribution >= 0.6 is 0 Å². The van der Waals surface area contributed by atoms with Crippen molar-refractivity contribution in [1.82, 2.24) is 9.97 Å². The zero-order valence-electron chi connectivity index (χ0n) is 18.3. The molecular formula is C24H27N5O3. The standard InChI is InChI=1S/C24H27N5O3/c1-3-32-21-10-4-18(5-11-21)23(30)26-19-6-8-20(9-7-19)27-24-25-17(2)16-22(28-24)29-12-14-31-15-13-29/h4-11,16H,3,12-15H2,1-2H3,(H,26,30)(H,25,27,28). The molecule has 0 aliphatic carbocycles. The molecule has 0 unspecified atom stereocenters. The van der Waals surface area contributed by atoms with Crippen LogP contribution in [0.1, 0.15) is 23.0 Å². The fourth-order valence-electron chi connectivity index (χ4n) is 3.40. The zero-order chi connectivity index (χ0) is 22.3. The highest BCUT2D eigenvalue weighted by Crippen LogP contribution is 2.21. The fraction of sp³-hybridized carbons (Fsp3) is 0.292. The topological polar surface area (TPSA) is 88.6 Å². The summed E-state index contributed by atoms with van der Waals surface area (Å²) in [4.78, 5) is 23.8. The molecule has 1 aromatic heterocycles. The quantitative estimate of drug-likeness (QED) is 0.582. The van der Waals surface area contributed by atoms with Crippen molar-refractivity contribution in [3.8, 4) is 5.75 Å². The third-order valence-electron chi connectivity index (χ3n) is 5.00. The second-order valence-electron chi connectivity index (χ2n) is 7.40. The van der Waals surface area contributed by atoms with Crippen molar-refractivity contribution in [1.29, 1.82) is 0 Å². The minimum Gasteiger partial charge on any atom is -0.494 e. The van der Waals surface area contributed by atoms with Crippen molar-refractivity contribution >= 4 is 29.0 Å². The number of nitrogens with one attached hydrogen (secondary N) is 2. The summed E-state index contributed by atoms with van der Waals surface area (Å²) in [6, 6.07) is 16.5. The molecule has 0 saturated carbocycles. The third kappa shape index (κ3) is 5.53. The van der Waals surface area contributed by atoms with Crippen molar-refractivity contribution in [3.63, 3.8) is 0 Å². The predicted molar refractivity (Wildman–Crippen MR) is 125 cm³/mol. The molecule has 1 aliphatic rings. The maximum absolute atomic E-state index is 12.5. The molecule has 0 spiro atoms. The van der Waals surface area contributed by atoms with Crippen molar-refractivity contribution in [3.05, 3.63) is 65.9 Å². The number of benzene rings is 2. The van der Waals surface area contributed by atoms with Crippen LogP contribution in [-0.2, 0) is 4.74 Å². The van der Waals surface area contributed by atoms with Gasteiger partial charge in [0.1, 0.15) is 11.6 Å². The highest BCUT2D eigenvalue weighted by Gasteiger charge is 2.14. The summed E-state index contributed by atoms with van der Waals surface area (Å²) >= 11 is 0. The molecule has 2 heterocycles. The molecule has 32 heavy (non-hydrogen) atoms. The first-order chi connectivity index (χ1) is 15.6. The van der Waals surface area contributed by atoms with Crippen molar-refractivity contribution < 1.29 is 14.3 Å². The second-order valence-corrected chi connectivity index (χ2v) is 7.40. The first-order valence-electron chi connectivity index (χ1n) is 10.7. The van der Waals surface area contributed by atoms with Gasteiger partial charge in [-0.1, -0.05) is 0 Å². The summed E-state index contributed by atoms with van der Waals surface area (Å²) in [6.45, 7) is 7.51. The lowest BCUT2D eigenvalue weighted by Crippen LogP contribution is -2.36. The Kier molecular flexibility index (Phi) is 6.81. The van der Waals surface area contributed by atoms with E-state index < -0.39 is 0 Å². The smallest absolute Gasteiger partial charge is 0.255 e. The summed E-state index contributed by atoms with van der Waals surface area (Å²) < 4.78 is 10.8. The maximum Gasteiger partial charge on any atom is 0.255 e. The van der Waals surface area contributed by atoms with Crippen LogP contribution in [0.5, 0.6) is 5.75 Å². The number of rotatable bonds is 7. The number of hydrogen-bond acceptors (Lipinski definition) is 7. The van der Waals surface area contributed by atoms with Crippen LogP contribution in [0.4, 0.5) is 23.1 Å². The first-order valence-corrected chi connectivity index (χ1v) is 10.7. The number of hydrogen-bond donors (Lipinski definition) is 2. The van der Waals surface area contributed by atoms with E-state index in [9.17, 15) is 4.79 Å². The zero-order valence-corrected chi connectivity index (χ0v) is 18.3. The first kappa shape index (κ1) is 21.6. The monoisotopic (exact) mass is 433 g/mol. The van der Waals surface area contributed by atoms with E-state index >= 15 is 0 Å². The Morgan fingerprint density at radius 1 is 1.03 bits per heavy atom. The number of carbonyl (C=O) groups is 1. The van der Waals surface area contributed by atoms with E-state index in [1.165, 1.54) is 0 Å². The van der Waals surface area contributed by atoms with Gasteiger partial charge in [-0.2, -0.15) is 4.98 Å². The normalized spacial score (nSPS) is 13.5. The molecule has 2 aromatic carbocycles. The van der Waals surface area contributed by atoms with Gasteiger partial charge >= 0.3 is 0 Å². The lowest BCUT2D eigenvalue weighted by atomic mass is 10.2. The van der Waals surface area contributed by atoms with Crippen molar-refractivity contribution in [2.75, 3.05) is 48.4 Å². The third-order valence-corrected chi connectivity index (χ3v) is 5.00. The highest BCUT2D eigenvalue weighted by molar-refractivity contribution is 6.04. The molecule has 1 saturated heterocycles. The van der Waals surface area contributed by atoms with Crippen LogP contribution in [0.15, 0.2) is 54.6 Å². The summed E-state index contributed by atoms with van der Waals surface area (Å²) in [6.07, 6.45) is 0. The van der Waals surface area contributed by atoms with E-state index in [0.29, 0.717) is 37.0 Å². The van der Waals surface area contributed by atoms with E-state index in [1.54, 1.807) is 24.3 Å². The molecule has 1 amide bonds. The Hall–Kier alpha value is -3.65. The summed E-state index contributed by atoms with van der Waals surface area (Å²) in [5.41, 5.74) is 3.00. The van der Waals surface area contributed by atoms with Gasteiger partial charge in [-0.3, -0.25) is 4.79 Å². The molecule has 1 fully saturated rings. The molecule has 3 aromatic rings. The van der Waals surface area contributed by atoms with E-state index in [4.69, 9.17) is 9.47 Å². The summed E-state index contributed by atoms with van der Waals surface area (Å²) in [7, 11) is 0. The number of carbonyl (C=O) groups excluding carboxylic acids is 1. The fourth-order valence-corrected chi connectivity index (χ4v) is 3.40. The van der Waals surface area contributed by atoms with Crippen LogP contribution in [0.3, 0.4) is 0 Å². The molecular weight excluding hydrogens is 406 g/mol. The SMILES string of the molecule is CCOc1ccc(C(=O)Nc2ccc(Nc3nc(C)cc(N4CCOCC4)n3)cc2)cc1. The second kappa shape index (κ2) is 10.1. The van der Waals surface area contributed by atoms with Gasteiger partial charge < -0.3 is 25.0 Å². The van der Waals surface area contributed by atoms with Crippen molar-refractivity contribution in [2.24, 2.45) is 0 Å². The molecule has 166 valence electrons. The molecule has 0 radical (unpaired) electrons. The van der Waals surface area contributed by atoms with E-state index in [-0.39, 0.29) is 5.91 Å². The Morgan fingerprint density at radius 2 is 1.72 bits per heavy atom.